The molecule has 0 aromatic rings. The van der Waals surface area contributed by atoms with Crippen LogP contribution in [0.4, 0.5) is 0 Å². The quantitative estimate of drug-likeness (QED) is 0.190. The first-order valence-corrected chi connectivity index (χ1v) is 10.9. The Morgan fingerprint density at radius 1 is 1.07 bits per heavy atom. The molecule has 0 unspecified atom stereocenters. The van der Waals surface area contributed by atoms with Crippen LogP contribution in [0.1, 0.15) is 33.1 Å². The molecule has 0 aromatic carbocycles. The Morgan fingerprint density at radius 3 is 2.46 bits per heavy atom. The highest BCUT2D eigenvalue weighted by molar-refractivity contribution is 14.0. The zero-order valence-corrected chi connectivity index (χ0v) is 20.3. The standard InChI is InChI=1S/C20H41N5O2.HI/c1-3-21-20(23-9-10-25-13-11-24(4-2)12-14-25)22-8-5-15-27-18-19-6-16-26-17-7-19;/h19H,3-18H2,1-2H3,(H2,21,22,23);1H. The van der Waals surface area contributed by atoms with Gasteiger partial charge in [-0.3, -0.25) is 9.89 Å². The lowest BCUT2D eigenvalue weighted by Gasteiger charge is -2.34. The van der Waals surface area contributed by atoms with Crippen LogP contribution in [0.25, 0.3) is 0 Å². The summed E-state index contributed by atoms with van der Waals surface area (Å²) in [6.07, 6.45) is 3.25. The number of halogens is 1. The normalized spacial score (nSPS) is 20.0. The summed E-state index contributed by atoms with van der Waals surface area (Å²) in [4.78, 5) is 9.72. The minimum absolute atomic E-state index is 0. The van der Waals surface area contributed by atoms with Gasteiger partial charge < -0.3 is 25.0 Å². The molecule has 0 spiro atoms. The lowest BCUT2D eigenvalue weighted by Crippen LogP contribution is -2.49. The van der Waals surface area contributed by atoms with Gasteiger partial charge in [0.15, 0.2) is 5.96 Å². The molecule has 2 N–H and O–H groups in total. The van der Waals surface area contributed by atoms with E-state index in [1.54, 1.807) is 0 Å². The van der Waals surface area contributed by atoms with E-state index in [0.29, 0.717) is 5.92 Å². The number of ether oxygens (including phenoxy) is 2. The minimum atomic E-state index is 0. The Bertz CT molecular complexity index is 400. The van der Waals surface area contributed by atoms with Crippen LogP contribution >= 0.6 is 24.0 Å². The van der Waals surface area contributed by atoms with Crippen LogP contribution in [-0.2, 0) is 9.47 Å². The monoisotopic (exact) mass is 511 g/mol. The summed E-state index contributed by atoms with van der Waals surface area (Å²) in [6.45, 7) is 17.4. The van der Waals surface area contributed by atoms with E-state index >= 15 is 0 Å². The van der Waals surface area contributed by atoms with E-state index < -0.39 is 0 Å². The lowest BCUT2D eigenvalue weighted by atomic mass is 10.0. The fourth-order valence-corrected chi connectivity index (χ4v) is 3.52. The van der Waals surface area contributed by atoms with Gasteiger partial charge in [-0.25, -0.2) is 0 Å². The molecule has 0 aliphatic carbocycles. The number of hydrogen-bond donors (Lipinski definition) is 2. The smallest absolute Gasteiger partial charge is 0.191 e. The zero-order valence-electron chi connectivity index (χ0n) is 18.0. The first kappa shape index (κ1) is 25.9. The second kappa shape index (κ2) is 16.6. The van der Waals surface area contributed by atoms with E-state index in [1.165, 1.54) is 32.7 Å². The summed E-state index contributed by atoms with van der Waals surface area (Å²) < 4.78 is 11.2. The number of guanidine groups is 1. The number of rotatable bonds is 11. The average molecular weight is 511 g/mol. The Morgan fingerprint density at radius 2 is 1.79 bits per heavy atom. The van der Waals surface area contributed by atoms with Gasteiger partial charge in [0.05, 0.1) is 0 Å². The van der Waals surface area contributed by atoms with Gasteiger partial charge in [-0.15, -0.1) is 24.0 Å². The van der Waals surface area contributed by atoms with Crippen LogP contribution in [0.3, 0.4) is 0 Å². The number of nitrogens with zero attached hydrogens (tertiary/aromatic N) is 3. The van der Waals surface area contributed by atoms with Gasteiger partial charge in [-0.05, 0) is 38.6 Å². The predicted octanol–water partition coefficient (Wildman–Crippen LogP) is 1.63. The Balaban J connectivity index is 0.00000392. The molecule has 2 rings (SSSR count). The molecule has 0 saturated carbocycles. The van der Waals surface area contributed by atoms with Crippen LogP contribution in [0, 0.1) is 5.92 Å². The van der Waals surface area contributed by atoms with Crippen molar-refractivity contribution in [3.63, 3.8) is 0 Å². The molecule has 2 fully saturated rings. The Kier molecular flexibility index (Phi) is 15.4. The van der Waals surface area contributed by atoms with Crippen LogP contribution in [-0.4, -0.2) is 101 Å². The SMILES string of the molecule is CCNC(=NCCCOCC1CCOCC1)NCCN1CCN(CC)CC1.I. The molecule has 2 heterocycles. The van der Waals surface area contributed by atoms with Crippen LogP contribution in [0.5, 0.6) is 0 Å². The van der Waals surface area contributed by atoms with Gasteiger partial charge in [0.2, 0.25) is 0 Å². The average Bonchev–Trinajstić information content (AvgIpc) is 2.71. The van der Waals surface area contributed by atoms with Crippen molar-refractivity contribution in [2.75, 3.05) is 85.3 Å². The first-order valence-electron chi connectivity index (χ1n) is 10.9. The summed E-state index contributed by atoms with van der Waals surface area (Å²) in [5.74, 6) is 1.61. The number of aliphatic imine (C=N–C) groups is 1. The maximum absolute atomic E-state index is 5.82. The van der Waals surface area contributed by atoms with Crippen molar-refractivity contribution in [2.24, 2.45) is 10.9 Å². The van der Waals surface area contributed by atoms with Gasteiger partial charge in [0.1, 0.15) is 0 Å². The molecule has 2 aliphatic heterocycles. The van der Waals surface area contributed by atoms with Crippen molar-refractivity contribution >= 4 is 29.9 Å². The molecule has 28 heavy (non-hydrogen) atoms. The van der Waals surface area contributed by atoms with Crippen molar-refractivity contribution < 1.29 is 9.47 Å². The van der Waals surface area contributed by atoms with Crippen LogP contribution in [0.15, 0.2) is 4.99 Å². The predicted molar refractivity (Wildman–Crippen MR) is 127 cm³/mol. The largest absolute Gasteiger partial charge is 0.381 e. The second-order valence-electron chi connectivity index (χ2n) is 7.45. The zero-order chi connectivity index (χ0) is 19.2. The highest BCUT2D eigenvalue weighted by atomic mass is 127. The highest BCUT2D eigenvalue weighted by Crippen LogP contribution is 2.14. The highest BCUT2D eigenvalue weighted by Gasteiger charge is 2.15. The molecule has 0 atom stereocenters. The Hall–Kier alpha value is -0.160. The van der Waals surface area contributed by atoms with Crippen molar-refractivity contribution in [2.45, 2.75) is 33.1 Å². The minimum Gasteiger partial charge on any atom is -0.381 e. The molecule has 8 heteroatoms. The molecule has 0 radical (unpaired) electrons. The van der Waals surface area contributed by atoms with Crippen molar-refractivity contribution in [3.05, 3.63) is 0 Å². The van der Waals surface area contributed by atoms with Crippen LogP contribution in [0.2, 0.25) is 0 Å². The van der Waals surface area contributed by atoms with Crippen molar-refractivity contribution in [1.29, 1.82) is 0 Å². The van der Waals surface area contributed by atoms with Crippen LogP contribution < -0.4 is 10.6 Å². The van der Waals surface area contributed by atoms with Gasteiger partial charge in [-0.2, -0.15) is 0 Å². The molecule has 7 nitrogen and oxygen atoms in total. The molecule has 0 aromatic heterocycles. The van der Waals surface area contributed by atoms with Gasteiger partial charge in [0, 0.05) is 78.8 Å². The third kappa shape index (κ3) is 11.1. The lowest BCUT2D eigenvalue weighted by molar-refractivity contribution is 0.0205. The third-order valence-corrected chi connectivity index (χ3v) is 5.39. The topological polar surface area (TPSA) is 61.4 Å². The molecular formula is C20H42IN5O2. The van der Waals surface area contributed by atoms with Crippen molar-refractivity contribution in [3.8, 4) is 0 Å². The first-order chi connectivity index (χ1) is 13.3. The molecule has 0 bridgehead atoms. The van der Waals surface area contributed by atoms with E-state index in [9.17, 15) is 0 Å². The summed E-state index contributed by atoms with van der Waals surface area (Å²) >= 11 is 0. The maximum Gasteiger partial charge on any atom is 0.191 e. The summed E-state index contributed by atoms with van der Waals surface area (Å²) in [7, 11) is 0. The number of piperazine rings is 1. The Labute approximate surface area is 189 Å². The molecule has 2 aliphatic rings. The van der Waals surface area contributed by atoms with E-state index in [2.05, 4.69) is 39.3 Å². The van der Waals surface area contributed by atoms with Crippen molar-refractivity contribution in [1.82, 2.24) is 20.4 Å². The van der Waals surface area contributed by atoms with E-state index in [4.69, 9.17) is 9.47 Å². The summed E-state index contributed by atoms with van der Waals surface area (Å²) in [6, 6.07) is 0. The van der Waals surface area contributed by atoms with Gasteiger partial charge in [-0.1, -0.05) is 6.92 Å². The maximum atomic E-state index is 5.82. The van der Waals surface area contributed by atoms with E-state index in [1.807, 2.05) is 0 Å². The number of hydrogen-bond acceptors (Lipinski definition) is 5. The molecule has 166 valence electrons. The third-order valence-electron chi connectivity index (χ3n) is 5.39. The molecule has 0 amide bonds. The fraction of sp³-hybridized carbons (Fsp3) is 0.950. The molecular weight excluding hydrogens is 469 g/mol. The van der Waals surface area contributed by atoms with E-state index in [-0.39, 0.29) is 24.0 Å². The summed E-state index contributed by atoms with van der Waals surface area (Å²) in [5, 5.41) is 6.80. The van der Waals surface area contributed by atoms with Gasteiger partial charge in [0.25, 0.3) is 0 Å². The number of likely N-dealkylation sites (N-methyl/N-ethyl adjacent to an activating group) is 1. The number of nitrogens with one attached hydrogen (secondary N) is 2. The molecule has 2 saturated heterocycles. The van der Waals surface area contributed by atoms with Gasteiger partial charge >= 0.3 is 0 Å². The summed E-state index contributed by atoms with van der Waals surface area (Å²) in [5.41, 5.74) is 0. The fourth-order valence-electron chi connectivity index (χ4n) is 3.52. The second-order valence-corrected chi connectivity index (χ2v) is 7.45. The van der Waals surface area contributed by atoms with E-state index in [0.717, 1.165) is 77.8 Å².